The number of β-amino-alcohol motifs (C(OH)–C–C–N with tert-alkyl or cyclic N) is 1. The number of piperazine rings is 1. The van der Waals surface area contributed by atoms with Crippen molar-refractivity contribution in [1.82, 2.24) is 14.8 Å². The number of carbonyl (C=O) groups excluding carboxylic acids is 1. The molecule has 1 atom stereocenters. The molecule has 27 heavy (non-hydrogen) atoms. The smallest absolute Gasteiger partial charge is 0.277 e. The van der Waals surface area contributed by atoms with Crippen molar-refractivity contribution in [1.29, 1.82) is 0 Å². The molecule has 0 spiro atoms. The predicted octanol–water partition coefficient (Wildman–Crippen LogP) is 1.87. The van der Waals surface area contributed by atoms with E-state index in [0.717, 1.165) is 26.2 Å². The van der Waals surface area contributed by atoms with Crippen LogP contribution in [0, 0.1) is 12.7 Å². The standard InChI is InChI=1S/C19H25FN4O3/c1-13-3-4-15(9-16(13)20)21-19(26)17-12-27-18(22-17)11-24-7-5-23(6-8-24)10-14(2)25/h3-4,9,12,14,25H,5-8,10-11H2,1-2H3,(H,21,26)/t14-/m1/s1. The quantitative estimate of drug-likeness (QED) is 0.801. The Balaban J connectivity index is 1.52. The Bertz CT molecular complexity index is 785. The van der Waals surface area contributed by atoms with Crippen LogP contribution in [-0.2, 0) is 6.54 Å². The summed E-state index contributed by atoms with van der Waals surface area (Å²) in [4.78, 5) is 20.9. The van der Waals surface area contributed by atoms with Crippen LogP contribution in [0.4, 0.5) is 10.1 Å². The van der Waals surface area contributed by atoms with E-state index in [0.29, 0.717) is 30.2 Å². The number of halogens is 1. The topological polar surface area (TPSA) is 81.8 Å². The van der Waals surface area contributed by atoms with E-state index >= 15 is 0 Å². The normalized spacial score (nSPS) is 17.0. The Hall–Kier alpha value is -2.29. The maximum atomic E-state index is 13.6. The lowest BCUT2D eigenvalue weighted by Gasteiger charge is -2.34. The Morgan fingerprint density at radius 2 is 2.04 bits per heavy atom. The van der Waals surface area contributed by atoms with Gasteiger partial charge in [0, 0.05) is 38.4 Å². The molecule has 1 aliphatic heterocycles. The highest BCUT2D eigenvalue weighted by Gasteiger charge is 2.20. The van der Waals surface area contributed by atoms with E-state index in [1.807, 2.05) is 0 Å². The van der Waals surface area contributed by atoms with Gasteiger partial charge in [-0.15, -0.1) is 0 Å². The molecular formula is C19H25FN4O3. The summed E-state index contributed by atoms with van der Waals surface area (Å²) in [6.07, 6.45) is 0.991. The number of benzene rings is 1. The minimum absolute atomic E-state index is 0.165. The van der Waals surface area contributed by atoms with Crippen molar-refractivity contribution < 1.29 is 18.7 Å². The molecule has 1 aromatic heterocycles. The van der Waals surface area contributed by atoms with Gasteiger partial charge in [-0.3, -0.25) is 14.6 Å². The molecule has 1 aliphatic rings. The van der Waals surface area contributed by atoms with Crippen molar-refractivity contribution in [2.24, 2.45) is 0 Å². The number of aromatic nitrogens is 1. The van der Waals surface area contributed by atoms with Gasteiger partial charge >= 0.3 is 0 Å². The third-order valence-corrected chi connectivity index (χ3v) is 4.56. The zero-order chi connectivity index (χ0) is 19.4. The second kappa shape index (κ2) is 8.60. The highest BCUT2D eigenvalue weighted by molar-refractivity contribution is 6.02. The monoisotopic (exact) mass is 376 g/mol. The van der Waals surface area contributed by atoms with Gasteiger partial charge in [0.15, 0.2) is 5.69 Å². The molecule has 1 fully saturated rings. The number of aryl methyl sites for hydroxylation is 1. The van der Waals surface area contributed by atoms with E-state index in [2.05, 4.69) is 20.1 Å². The first kappa shape index (κ1) is 19.5. The molecule has 2 N–H and O–H groups in total. The van der Waals surface area contributed by atoms with Crippen molar-refractivity contribution in [3.63, 3.8) is 0 Å². The predicted molar refractivity (Wildman–Crippen MR) is 99.0 cm³/mol. The van der Waals surface area contributed by atoms with Gasteiger partial charge in [-0.05, 0) is 31.5 Å². The first-order chi connectivity index (χ1) is 12.9. The number of nitrogens with zero attached hydrogens (tertiary/aromatic N) is 3. The Morgan fingerprint density at radius 1 is 1.33 bits per heavy atom. The summed E-state index contributed by atoms with van der Waals surface area (Å²) in [7, 11) is 0. The number of anilines is 1. The second-order valence-electron chi connectivity index (χ2n) is 6.97. The Morgan fingerprint density at radius 3 is 2.70 bits per heavy atom. The number of amides is 1. The van der Waals surface area contributed by atoms with Crippen molar-refractivity contribution in [2.45, 2.75) is 26.5 Å². The fourth-order valence-corrected chi connectivity index (χ4v) is 3.05. The van der Waals surface area contributed by atoms with Crippen LogP contribution in [0.2, 0.25) is 0 Å². The molecule has 1 saturated heterocycles. The summed E-state index contributed by atoms with van der Waals surface area (Å²) < 4.78 is 19.0. The van der Waals surface area contributed by atoms with Crippen LogP contribution in [-0.4, -0.2) is 64.6 Å². The summed E-state index contributed by atoms with van der Waals surface area (Å²) >= 11 is 0. The molecule has 0 unspecified atom stereocenters. The molecule has 1 aromatic carbocycles. The van der Waals surface area contributed by atoms with Crippen LogP contribution < -0.4 is 5.32 Å². The molecule has 3 rings (SSSR count). The van der Waals surface area contributed by atoms with E-state index in [1.165, 1.54) is 12.3 Å². The maximum absolute atomic E-state index is 13.6. The van der Waals surface area contributed by atoms with E-state index in [-0.39, 0.29) is 17.6 Å². The van der Waals surface area contributed by atoms with Crippen LogP contribution in [0.1, 0.15) is 28.9 Å². The molecule has 8 heteroatoms. The number of aliphatic hydroxyl groups is 1. The van der Waals surface area contributed by atoms with Crippen molar-refractivity contribution >= 4 is 11.6 Å². The zero-order valence-corrected chi connectivity index (χ0v) is 15.6. The Labute approximate surface area is 157 Å². The lowest BCUT2D eigenvalue weighted by Crippen LogP contribution is -2.47. The molecule has 0 aliphatic carbocycles. The lowest BCUT2D eigenvalue weighted by molar-refractivity contribution is 0.0747. The average molecular weight is 376 g/mol. The van der Waals surface area contributed by atoms with Gasteiger partial charge in [0.05, 0.1) is 12.6 Å². The maximum Gasteiger partial charge on any atom is 0.277 e. The summed E-state index contributed by atoms with van der Waals surface area (Å²) in [5.41, 5.74) is 1.06. The van der Waals surface area contributed by atoms with Crippen LogP contribution in [0.15, 0.2) is 28.9 Å². The highest BCUT2D eigenvalue weighted by Crippen LogP contribution is 2.15. The number of oxazole rings is 1. The summed E-state index contributed by atoms with van der Waals surface area (Å²) in [5.74, 6) is -0.336. The molecular weight excluding hydrogens is 351 g/mol. The number of hydrogen-bond acceptors (Lipinski definition) is 6. The summed E-state index contributed by atoms with van der Waals surface area (Å²) in [6, 6.07) is 4.53. The van der Waals surface area contributed by atoms with Crippen LogP contribution >= 0.6 is 0 Å². The first-order valence-corrected chi connectivity index (χ1v) is 9.05. The van der Waals surface area contributed by atoms with Gasteiger partial charge in [-0.2, -0.15) is 0 Å². The van der Waals surface area contributed by atoms with Gasteiger partial charge in [0.2, 0.25) is 5.89 Å². The third-order valence-electron chi connectivity index (χ3n) is 4.56. The van der Waals surface area contributed by atoms with Gasteiger partial charge in [0.1, 0.15) is 12.1 Å². The van der Waals surface area contributed by atoms with Gasteiger partial charge < -0.3 is 14.8 Å². The number of nitrogens with one attached hydrogen (secondary N) is 1. The van der Waals surface area contributed by atoms with E-state index in [1.54, 1.807) is 26.0 Å². The number of aliphatic hydroxyl groups excluding tert-OH is 1. The van der Waals surface area contributed by atoms with Crippen molar-refractivity contribution in [3.8, 4) is 0 Å². The third kappa shape index (κ3) is 5.35. The van der Waals surface area contributed by atoms with Crippen LogP contribution in [0.3, 0.4) is 0 Å². The number of hydrogen-bond donors (Lipinski definition) is 2. The molecule has 0 saturated carbocycles. The van der Waals surface area contributed by atoms with E-state index < -0.39 is 5.91 Å². The van der Waals surface area contributed by atoms with Gasteiger partial charge in [-0.25, -0.2) is 9.37 Å². The molecule has 0 bridgehead atoms. The largest absolute Gasteiger partial charge is 0.447 e. The Kier molecular flexibility index (Phi) is 6.20. The molecule has 0 radical (unpaired) electrons. The van der Waals surface area contributed by atoms with Gasteiger partial charge in [0.25, 0.3) is 5.91 Å². The van der Waals surface area contributed by atoms with Crippen LogP contribution in [0.5, 0.6) is 0 Å². The molecule has 146 valence electrons. The molecule has 7 nitrogen and oxygen atoms in total. The van der Waals surface area contributed by atoms with Gasteiger partial charge in [-0.1, -0.05) is 6.07 Å². The lowest BCUT2D eigenvalue weighted by atomic mass is 10.2. The van der Waals surface area contributed by atoms with Crippen molar-refractivity contribution in [3.05, 3.63) is 47.4 Å². The minimum atomic E-state index is -0.435. The highest BCUT2D eigenvalue weighted by atomic mass is 19.1. The fraction of sp³-hybridized carbons (Fsp3) is 0.474. The first-order valence-electron chi connectivity index (χ1n) is 9.05. The molecule has 2 heterocycles. The minimum Gasteiger partial charge on any atom is -0.447 e. The van der Waals surface area contributed by atoms with E-state index in [9.17, 15) is 14.3 Å². The molecule has 1 amide bonds. The van der Waals surface area contributed by atoms with E-state index in [4.69, 9.17) is 4.42 Å². The zero-order valence-electron chi connectivity index (χ0n) is 15.6. The summed E-state index contributed by atoms with van der Waals surface area (Å²) in [5, 5.41) is 12.1. The number of rotatable bonds is 6. The molecule has 2 aromatic rings. The van der Waals surface area contributed by atoms with Crippen LogP contribution in [0.25, 0.3) is 0 Å². The second-order valence-corrected chi connectivity index (χ2v) is 6.97. The summed E-state index contributed by atoms with van der Waals surface area (Å²) in [6.45, 7) is 8.09. The average Bonchev–Trinajstić information content (AvgIpc) is 3.08. The SMILES string of the molecule is Cc1ccc(NC(=O)c2coc(CN3CCN(C[C@@H](C)O)CC3)n2)cc1F. The van der Waals surface area contributed by atoms with Crippen molar-refractivity contribution in [2.75, 3.05) is 38.0 Å². The number of carbonyl (C=O) groups is 1. The fourth-order valence-electron chi connectivity index (χ4n) is 3.05.